The maximum Gasteiger partial charge on any atom is 0.216 e. The molecule has 0 radical (unpaired) electrons. The second-order valence-electron chi connectivity index (χ2n) is 7.60. The van der Waals surface area contributed by atoms with E-state index in [2.05, 4.69) is 39.7 Å². The first-order valence-corrected chi connectivity index (χ1v) is 10.4. The van der Waals surface area contributed by atoms with Crippen molar-refractivity contribution in [1.29, 1.82) is 0 Å². The molecule has 3 N–H and O–H groups in total. The Morgan fingerprint density at radius 1 is 1.38 bits per heavy atom. The Balaban J connectivity index is 0.00000240. The van der Waals surface area contributed by atoms with Gasteiger partial charge in [-0.2, -0.15) is 0 Å². The molecule has 2 aromatic rings. The molecule has 2 aromatic heterocycles. The number of aromatic nitrogens is 3. The molecule has 0 bridgehead atoms. The SMILES string of the molecule is CCNC(=NCc1nc(-c2ccco2)n[nH]1)NC1CC(OCC)C12CCCC2.I. The van der Waals surface area contributed by atoms with Gasteiger partial charge < -0.3 is 19.8 Å². The van der Waals surface area contributed by atoms with Crippen LogP contribution < -0.4 is 10.6 Å². The lowest BCUT2D eigenvalue weighted by Gasteiger charge is -2.54. The van der Waals surface area contributed by atoms with Crippen LogP contribution in [0.25, 0.3) is 11.6 Å². The van der Waals surface area contributed by atoms with E-state index in [-0.39, 0.29) is 29.4 Å². The molecule has 0 aliphatic heterocycles. The van der Waals surface area contributed by atoms with Gasteiger partial charge in [0.05, 0.1) is 12.4 Å². The molecular formula is C20H31IN6O2. The predicted octanol–water partition coefficient (Wildman–Crippen LogP) is 3.48. The van der Waals surface area contributed by atoms with Crippen molar-refractivity contribution in [1.82, 2.24) is 25.8 Å². The Morgan fingerprint density at radius 2 is 2.21 bits per heavy atom. The Kier molecular flexibility index (Phi) is 7.55. The quantitative estimate of drug-likeness (QED) is 0.297. The molecule has 4 rings (SSSR count). The highest BCUT2D eigenvalue weighted by atomic mass is 127. The summed E-state index contributed by atoms with van der Waals surface area (Å²) in [5, 5.41) is 14.2. The van der Waals surface area contributed by atoms with Crippen LogP contribution in [0.2, 0.25) is 0 Å². The van der Waals surface area contributed by atoms with E-state index in [1.807, 2.05) is 12.1 Å². The number of nitrogens with zero attached hydrogens (tertiary/aromatic N) is 3. The maximum absolute atomic E-state index is 6.02. The highest BCUT2D eigenvalue weighted by Crippen LogP contribution is 2.54. The minimum Gasteiger partial charge on any atom is -0.461 e. The minimum atomic E-state index is 0. The van der Waals surface area contributed by atoms with Crippen LogP contribution >= 0.6 is 24.0 Å². The highest BCUT2D eigenvalue weighted by molar-refractivity contribution is 14.0. The lowest BCUT2D eigenvalue weighted by atomic mass is 9.60. The van der Waals surface area contributed by atoms with Crippen molar-refractivity contribution >= 4 is 29.9 Å². The fourth-order valence-electron chi connectivity index (χ4n) is 4.61. The van der Waals surface area contributed by atoms with Crippen LogP contribution in [0, 0.1) is 5.41 Å². The maximum atomic E-state index is 6.02. The summed E-state index contributed by atoms with van der Waals surface area (Å²) in [5.41, 5.74) is 0.269. The van der Waals surface area contributed by atoms with Crippen LogP contribution in [0.3, 0.4) is 0 Å². The predicted molar refractivity (Wildman–Crippen MR) is 122 cm³/mol. The van der Waals surface area contributed by atoms with Gasteiger partial charge in [-0.05, 0) is 45.2 Å². The lowest BCUT2D eigenvalue weighted by molar-refractivity contribution is -0.125. The van der Waals surface area contributed by atoms with Crippen LogP contribution in [0.15, 0.2) is 27.8 Å². The van der Waals surface area contributed by atoms with Gasteiger partial charge in [0, 0.05) is 24.6 Å². The molecule has 0 saturated heterocycles. The van der Waals surface area contributed by atoms with E-state index in [1.165, 1.54) is 25.7 Å². The van der Waals surface area contributed by atoms with E-state index in [0.29, 0.717) is 36.1 Å². The number of aromatic amines is 1. The lowest BCUT2D eigenvalue weighted by Crippen LogP contribution is -2.65. The summed E-state index contributed by atoms with van der Waals surface area (Å²) < 4.78 is 11.4. The molecule has 9 heteroatoms. The standard InChI is InChI=1S/C20H30N6O2.HI/c1-3-21-19(22-13-17-24-18(26-25-17)14-8-7-11-28-14)23-15-12-16(27-4-2)20(15)9-5-6-10-20;/h7-8,11,15-16H,3-6,9-10,12-13H2,1-2H3,(H2,21,22,23)(H,24,25,26);1H. The normalized spacial score (nSPS) is 22.9. The molecule has 2 unspecified atom stereocenters. The number of guanidine groups is 1. The van der Waals surface area contributed by atoms with E-state index >= 15 is 0 Å². The number of hydrogen-bond donors (Lipinski definition) is 3. The van der Waals surface area contributed by atoms with Gasteiger partial charge in [0.1, 0.15) is 12.4 Å². The molecule has 8 nitrogen and oxygen atoms in total. The number of ether oxygens (including phenoxy) is 1. The Morgan fingerprint density at radius 3 is 2.90 bits per heavy atom. The van der Waals surface area contributed by atoms with Gasteiger partial charge in [-0.3, -0.25) is 5.10 Å². The Labute approximate surface area is 188 Å². The first-order chi connectivity index (χ1) is 13.7. The second kappa shape index (κ2) is 9.92. The molecule has 2 aliphatic carbocycles. The summed E-state index contributed by atoms with van der Waals surface area (Å²) in [6, 6.07) is 4.08. The van der Waals surface area contributed by atoms with E-state index in [4.69, 9.17) is 14.1 Å². The molecule has 1 spiro atoms. The molecule has 2 fully saturated rings. The number of hydrogen-bond acceptors (Lipinski definition) is 5. The van der Waals surface area contributed by atoms with Crippen molar-refractivity contribution in [3.63, 3.8) is 0 Å². The molecule has 160 valence electrons. The van der Waals surface area contributed by atoms with Gasteiger partial charge in [0.25, 0.3) is 0 Å². The number of H-pyrrole nitrogens is 1. The summed E-state index contributed by atoms with van der Waals surface area (Å²) in [6.45, 7) is 6.20. The van der Waals surface area contributed by atoms with Crippen molar-refractivity contribution < 1.29 is 9.15 Å². The van der Waals surface area contributed by atoms with Crippen molar-refractivity contribution in [2.45, 2.75) is 64.6 Å². The number of aliphatic imine (C=N–C) groups is 1. The molecule has 0 aromatic carbocycles. The van der Waals surface area contributed by atoms with Gasteiger partial charge in [-0.1, -0.05) is 12.8 Å². The topological polar surface area (TPSA) is 100 Å². The summed E-state index contributed by atoms with van der Waals surface area (Å²) in [4.78, 5) is 9.18. The van der Waals surface area contributed by atoms with Crippen LogP contribution in [-0.2, 0) is 11.3 Å². The van der Waals surface area contributed by atoms with Crippen LogP contribution in [0.5, 0.6) is 0 Å². The van der Waals surface area contributed by atoms with Gasteiger partial charge in [-0.15, -0.1) is 29.1 Å². The van der Waals surface area contributed by atoms with Crippen LogP contribution in [-0.4, -0.2) is 46.4 Å². The van der Waals surface area contributed by atoms with E-state index in [0.717, 1.165) is 25.5 Å². The Bertz CT molecular complexity index is 785. The first kappa shape index (κ1) is 22.1. The summed E-state index contributed by atoms with van der Waals surface area (Å²) in [7, 11) is 0. The van der Waals surface area contributed by atoms with Gasteiger partial charge in [0.15, 0.2) is 11.7 Å². The monoisotopic (exact) mass is 514 g/mol. The fourth-order valence-corrected chi connectivity index (χ4v) is 4.61. The number of furan rings is 1. The summed E-state index contributed by atoms with van der Waals surface area (Å²) in [6.07, 6.45) is 8.11. The van der Waals surface area contributed by atoms with E-state index < -0.39 is 0 Å². The zero-order valence-corrected chi connectivity index (χ0v) is 19.4. The average molecular weight is 514 g/mol. The average Bonchev–Trinajstić information content (AvgIpc) is 3.46. The van der Waals surface area contributed by atoms with Crippen molar-refractivity contribution in [2.24, 2.45) is 10.4 Å². The molecule has 2 aliphatic rings. The number of rotatable bonds is 7. The van der Waals surface area contributed by atoms with Crippen LogP contribution in [0.1, 0.15) is 51.8 Å². The molecule has 2 heterocycles. The fraction of sp³-hybridized carbons (Fsp3) is 0.650. The summed E-state index contributed by atoms with van der Waals surface area (Å²) in [5.74, 6) is 2.73. The zero-order valence-electron chi connectivity index (χ0n) is 17.1. The van der Waals surface area contributed by atoms with Crippen molar-refractivity contribution in [3.05, 3.63) is 24.2 Å². The van der Waals surface area contributed by atoms with Crippen molar-refractivity contribution in [2.75, 3.05) is 13.2 Å². The van der Waals surface area contributed by atoms with Crippen molar-refractivity contribution in [3.8, 4) is 11.6 Å². The molecule has 2 saturated carbocycles. The van der Waals surface area contributed by atoms with Gasteiger partial charge in [0.2, 0.25) is 5.82 Å². The third kappa shape index (κ3) is 4.60. The first-order valence-electron chi connectivity index (χ1n) is 10.4. The Hall–Kier alpha value is -1.62. The summed E-state index contributed by atoms with van der Waals surface area (Å²) >= 11 is 0. The zero-order chi connectivity index (χ0) is 19.4. The number of nitrogens with one attached hydrogen (secondary N) is 3. The smallest absolute Gasteiger partial charge is 0.216 e. The van der Waals surface area contributed by atoms with Gasteiger partial charge >= 0.3 is 0 Å². The molecule has 2 atom stereocenters. The molecule has 29 heavy (non-hydrogen) atoms. The van der Waals surface area contributed by atoms with E-state index in [1.54, 1.807) is 6.26 Å². The largest absolute Gasteiger partial charge is 0.461 e. The number of halogens is 1. The highest BCUT2D eigenvalue weighted by Gasteiger charge is 2.56. The minimum absolute atomic E-state index is 0. The third-order valence-electron chi connectivity index (χ3n) is 6.00. The molecule has 0 amide bonds. The molecular weight excluding hydrogens is 483 g/mol. The van der Waals surface area contributed by atoms with Crippen LogP contribution in [0.4, 0.5) is 0 Å². The third-order valence-corrected chi connectivity index (χ3v) is 6.00. The van der Waals surface area contributed by atoms with E-state index in [9.17, 15) is 0 Å². The second-order valence-corrected chi connectivity index (χ2v) is 7.60. The van der Waals surface area contributed by atoms with Gasteiger partial charge in [-0.25, -0.2) is 9.98 Å².